The van der Waals surface area contributed by atoms with Crippen LogP contribution in [0.15, 0.2) is 66.7 Å². The molecule has 0 amide bonds. The molecule has 3 N–H and O–H groups in total. The summed E-state index contributed by atoms with van der Waals surface area (Å²) in [6.07, 6.45) is 4.36. The summed E-state index contributed by atoms with van der Waals surface area (Å²) < 4.78 is 0. The van der Waals surface area contributed by atoms with Crippen molar-refractivity contribution in [3.05, 3.63) is 89.0 Å². The standard InChI is InChI=1S/C28H32N2O/c1-20-8-7-11-24(21(20)2)28-26(25-10-3-4-12-27(25)30-28)17-19-29-18-6-5-9-22-13-15-23(31)16-14-22/h3-4,7-8,10-16,29-31H,5-6,9,17-19H2,1-2H3. The van der Waals surface area contributed by atoms with E-state index in [1.165, 1.54) is 44.4 Å². The number of nitrogens with one attached hydrogen (secondary N) is 2. The molecule has 0 saturated heterocycles. The molecule has 160 valence electrons. The highest BCUT2D eigenvalue weighted by Gasteiger charge is 2.14. The quantitative estimate of drug-likeness (QED) is 0.282. The van der Waals surface area contributed by atoms with Gasteiger partial charge in [0.2, 0.25) is 0 Å². The number of hydrogen-bond acceptors (Lipinski definition) is 2. The zero-order chi connectivity index (χ0) is 21.6. The first-order chi connectivity index (χ1) is 15.1. The van der Waals surface area contributed by atoms with Crippen molar-refractivity contribution in [2.75, 3.05) is 13.1 Å². The molecule has 4 rings (SSSR count). The molecule has 0 aliphatic carbocycles. The van der Waals surface area contributed by atoms with E-state index in [1.807, 2.05) is 12.1 Å². The van der Waals surface area contributed by atoms with Gasteiger partial charge in [-0.3, -0.25) is 0 Å². The Bertz CT molecular complexity index is 1140. The molecular weight excluding hydrogens is 380 g/mol. The number of unbranched alkanes of at least 4 members (excludes halogenated alkanes) is 1. The summed E-state index contributed by atoms with van der Waals surface area (Å²) >= 11 is 0. The van der Waals surface area contributed by atoms with Crippen LogP contribution in [0, 0.1) is 13.8 Å². The van der Waals surface area contributed by atoms with Crippen LogP contribution in [0.5, 0.6) is 5.75 Å². The zero-order valence-corrected chi connectivity index (χ0v) is 18.5. The molecule has 0 unspecified atom stereocenters. The lowest BCUT2D eigenvalue weighted by Crippen LogP contribution is -2.18. The van der Waals surface area contributed by atoms with Gasteiger partial charge in [0.15, 0.2) is 0 Å². The van der Waals surface area contributed by atoms with E-state index in [0.29, 0.717) is 5.75 Å². The van der Waals surface area contributed by atoms with Gasteiger partial charge in [0, 0.05) is 16.5 Å². The zero-order valence-electron chi connectivity index (χ0n) is 18.5. The molecule has 0 aliphatic heterocycles. The Morgan fingerprint density at radius 2 is 1.61 bits per heavy atom. The lowest BCUT2D eigenvalue weighted by atomic mass is 9.96. The molecule has 0 radical (unpaired) electrons. The van der Waals surface area contributed by atoms with Crippen LogP contribution in [-0.4, -0.2) is 23.2 Å². The Labute approximate surface area is 185 Å². The molecular formula is C28H32N2O. The predicted molar refractivity (Wildman–Crippen MR) is 131 cm³/mol. The van der Waals surface area contributed by atoms with Gasteiger partial charge in [-0.25, -0.2) is 0 Å². The number of benzene rings is 3. The minimum Gasteiger partial charge on any atom is -0.508 e. The molecule has 0 bridgehead atoms. The van der Waals surface area contributed by atoms with Gasteiger partial charge in [0.05, 0.1) is 5.69 Å². The summed E-state index contributed by atoms with van der Waals surface area (Å²) in [5.41, 5.74) is 9.14. The van der Waals surface area contributed by atoms with Crippen molar-refractivity contribution in [1.29, 1.82) is 0 Å². The number of aryl methyl sites for hydroxylation is 2. The summed E-state index contributed by atoms with van der Waals surface area (Å²) in [4.78, 5) is 3.69. The second-order valence-corrected chi connectivity index (χ2v) is 8.40. The molecule has 1 aromatic heterocycles. The van der Waals surface area contributed by atoms with Gasteiger partial charge in [0.25, 0.3) is 0 Å². The molecule has 3 aromatic carbocycles. The Balaban J connectivity index is 1.37. The first-order valence-electron chi connectivity index (χ1n) is 11.3. The smallest absolute Gasteiger partial charge is 0.115 e. The average molecular weight is 413 g/mol. The topological polar surface area (TPSA) is 48.0 Å². The molecule has 0 aliphatic rings. The fraction of sp³-hybridized carbons (Fsp3) is 0.286. The number of phenolic OH excluding ortho intramolecular Hbond substituents is 1. The van der Waals surface area contributed by atoms with Crippen molar-refractivity contribution in [1.82, 2.24) is 10.3 Å². The number of aromatic amines is 1. The summed E-state index contributed by atoms with van der Waals surface area (Å²) in [6.45, 7) is 6.39. The number of rotatable bonds is 9. The monoisotopic (exact) mass is 412 g/mol. The normalized spacial score (nSPS) is 11.3. The van der Waals surface area contributed by atoms with Crippen molar-refractivity contribution in [3.8, 4) is 17.0 Å². The lowest BCUT2D eigenvalue weighted by Gasteiger charge is -2.11. The maximum Gasteiger partial charge on any atom is 0.115 e. The van der Waals surface area contributed by atoms with Gasteiger partial charge in [-0.1, -0.05) is 48.5 Å². The van der Waals surface area contributed by atoms with E-state index in [9.17, 15) is 5.11 Å². The fourth-order valence-corrected chi connectivity index (χ4v) is 4.29. The van der Waals surface area contributed by atoms with Gasteiger partial charge in [-0.2, -0.15) is 0 Å². The number of hydrogen-bond donors (Lipinski definition) is 3. The van der Waals surface area contributed by atoms with Crippen LogP contribution in [0.2, 0.25) is 0 Å². The minimum atomic E-state index is 0.336. The lowest BCUT2D eigenvalue weighted by molar-refractivity contribution is 0.475. The summed E-state index contributed by atoms with van der Waals surface area (Å²) in [5.74, 6) is 0.336. The molecule has 0 atom stereocenters. The maximum atomic E-state index is 9.38. The van der Waals surface area contributed by atoms with Gasteiger partial charge in [-0.05, 0) is 93.1 Å². The molecule has 1 heterocycles. The molecule has 31 heavy (non-hydrogen) atoms. The molecule has 4 aromatic rings. The molecule has 0 spiro atoms. The van der Waals surface area contributed by atoms with Crippen LogP contribution in [0.25, 0.3) is 22.2 Å². The largest absolute Gasteiger partial charge is 0.508 e. The molecule has 0 saturated carbocycles. The van der Waals surface area contributed by atoms with E-state index in [0.717, 1.165) is 38.8 Å². The van der Waals surface area contributed by atoms with E-state index in [-0.39, 0.29) is 0 Å². The minimum absolute atomic E-state index is 0.336. The Morgan fingerprint density at radius 3 is 2.45 bits per heavy atom. The van der Waals surface area contributed by atoms with Crippen molar-refractivity contribution in [2.45, 2.75) is 39.5 Å². The molecule has 3 heteroatoms. The van der Waals surface area contributed by atoms with E-state index in [2.05, 4.69) is 66.6 Å². The van der Waals surface area contributed by atoms with E-state index in [1.54, 1.807) is 12.1 Å². The van der Waals surface area contributed by atoms with Gasteiger partial charge < -0.3 is 15.4 Å². The average Bonchev–Trinajstić information content (AvgIpc) is 3.14. The van der Waals surface area contributed by atoms with Gasteiger partial charge in [-0.15, -0.1) is 0 Å². The van der Waals surface area contributed by atoms with Gasteiger partial charge in [0.1, 0.15) is 5.75 Å². The molecule has 0 fully saturated rings. The maximum absolute atomic E-state index is 9.38. The molecule has 3 nitrogen and oxygen atoms in total. The van der Waals surface area contributed by atoms with Gasteiger partial charge >= 0.3 is 0 Å². The SMILES string of the molecule is Cc1cccc(-c2[nH]c3ccccc3c2CCNCCCCc2ccc(O)cc2)c1C. The van der Waals surface area contributed by atoms with Crippen LogP contribution in [0.3, 0.4) is 0 Å². The second-order valence-electron chi connectivity index (χ2n) is 8.40. The number of fused-ring (bicyclic) bond motifs is 1. The highest BCUT2D eigenvalue weighted by molar-refractivity contribution is 5.91. The van der Waals surface area contributed by atoms with E-state index >= 15 is 0 Å². The van der Waals surface area contributed by atoms with E-state index in [4.69, 9.17) is 0 Å². The van der Waals surface area contributed by atoms with Crippen LogP contribution in [0.1, 0.15) is 35.1 Å². The highest BCUT2D eigenvalue weighted by atomic mass is 16.3. The Kier molecular flexibility index (Phi) is 6.73. The first kappa shape index (κ1) is 21.2. The van der Waals surface area contributed by atoms with Crippen LogP contribution in [0.4, 0.5) is 0 Å². The van der Waals surface area contributed by atoms with Crippen molar-refractivity contribution < 1.29 is 5.11 Å². The van der Waals surface area contributed by atoms with Crippen molar-refractivity contribution in [2.24, 2.45) is 0 Å². The third kappa shape index (κ3) is 5.00. The Hall–Kier alpha value is -3.04. The Morgan fingerprint density at radius 1 is 0.806 bits per heavy atom. The number of phenols is 1. The third-order valence-corrected chi connectivity index (χ3v) is 6.24. The fourth-order valence-electron chi connectivity index (χ4n) is 4.29. The van der Waals surface area contributed by atoms with Crippen LogP contribution in [-0.2, 0) is 12.8 Å². The third-order valence-electron chi connectivity index (χ3n) is 6.24. The van der Waals surface area contributed by atoms with Crippen LogP contribution >= 0.6 is 0 Å². The number of aromatic hydroxyl groups is 1. The number of H-pyrrole nitrogens is 1. The van der Waals surface area contributed by atoms with Crippen LogP contribution < -0.4 is 5.32 Å². The summed E-state index contributed by atoms with van der Waals surface area (Å²) in [7, 11) is 0. The summed E-state index contributed by atoms with van der Waals surface area (Å²) in [5, 5.41) is 14.3. The second kappa shape index (κ2) is 9.84. The van der Waals surface area contributed by atoms with E-state index < -0.39 is 0 Å². The highest BCUT2D eigenvalue weighted by Crippen LogP contribution is 2.33. The predicted octanol–water partition coefficient (Wildman–Crippen LogP) is 6.31. The number of aromatic nitrogens is 1. The summed E-state index contributed by atoms with van der Waals surface area (Å²) in [6, 6.07) is 22.7. The van der Waals surface area contributed by atoms with Crippen molar-refractivity contribution >= 4 is 10.9 Å². The first-order valence-corrected chi connectivity index (χ1v) is 11.3. The number of para-hydroxylation sites is 1. The van der Waals surface area contributed by atoms with Crippen molar-refractivity contribution in [3.63, 3.8) is 0 Å².